The van der Waals surface area contributed by atoms with Gasteiger partial charge in [0, 0.05) is 80.9 Å². The fourth-order valence-electron chi connectivity index (χ4n) is 14.5. The van der Waals surface area contributed by atoms with Gasteiger partial charge in [0.1, 0.15) is 74.4 Å². The molecule has 490 valence electrons. The molecule has 0 radical (unpaired) electrons. The molecule has 8 aliphatic rings. The van der Waals surface area contributed by atoms with Gasteiger partial charge in [-0.2, -0.15) is 0 Å². The molecule has 91 heavy (non-hydrogen) atoms. The SMILES string of the molecule is C.C.COC(=O)C1CCC(C(=O)CO)CC1.COCCOc1ccc(OCCOCC(COCOC)C(=O)C2CCC(C(C)=O)CC2)c2c1C1c3ccccc3C2c2ccccc21.OCCOc1ccc(OCCO)c2c1C1c3ccccc3C2c2ccccc21.[2H][3H]. The lowest BCUT2D eigenvalue weighted by Crippen LogP contribution is -2.34. The summed E-state index contributed by atoms with van der Waals surface area (Å²) >= 11 is 0. The highest BCUT2D eigenvalue weighted by Crippen LogP contribution is 2.62. The van der Waals surface area contributed by atoms with Gasteiger partial charge in [-0.3, -0.25) is 19.2 Å². The van der Waals surface area contributed by atoms with E-state index in [1.54, 1.807) is 21.1 Å². The molecule has 0 aliphatic heterocycles. The van der Waals surface area contributed by atoms with Gasteiger partial charge < -0.3 is 58.0 Å². The van der Waals surface area contributed by atoms with Crippen LogP contribution in [0.3, 0.4) is 0 Å². The number of Topliss-reactive ketones (excluding diaryl/α,β-unsaturated/α-hetero) is 3. The first-order chi connectivity index (χ1) is 44.6. The number of benzene rings is 6. The molecule has 6 aromatic rings. The lowest BCUT2D eigenvalue weighted by molar-refractivity contribution is -0.147. The van der Waals surface area contributed by atoms with Gasteiger partial charge >= 0.3 is 5.97 Å². The van der Waals surface area contributed by atoms with Crippen molar-refractivity contribution in [3.8, 4) is 23.0 Å². The van der Waals surface area contributed by atoms with Crippen molar-refractivity contribution in [2.24, 2.45) is 29.6 Å². The van der Waals surface area contributed by atoms with E-state index in [9.17, 15) is 29.4 Å². The van der Waals surface area contributed by atoms with Crippen LogP contribution in [0.2, 0.25) is 0 Å². The molecule has 1 unspecified atom stereocenters. The minimum absolute atomic E-state index is 0. The van der Waals surface area contributed by atoms with Crippen LogP contribution in [0.5, 0.6) is 23.0 Å². The summed E-state index contributed by atoms with van der Waals surface area (Å²) in [6.45, 7) is 3.94. The molecular weight excluding hydrogens is 1160 g/mol. The molecular formula is C75H94O16. The first-order valence-electron chi connectivity index (χ1n) is 32.4. The van der Waals surface area contributed by atoms with Gasteiger partial charge in [0.15, 0.2) is 5.78 Å². The highest BCUT2D eigenvalue weighted by atomic mass is 16.7. The lowest BCUT2D eigenvalue weighted by atomic mass is 9.60. The summed E-state index contributed by atoms with van der Waals surface area (Å²) in [6, 6.07) is 42.4. The summed E-state index contributed by atoms with van der Waals surface area (Å²) < 4.78 is 61.3. The Morgan fingerprint density at radius 3 is 1.13 bits per heavy atom. The number of ketones is 3. The highest BCUT2D eigenvalue weighted by Gasteiger charge is 2.46. The van der Waals surface area contributed by atoms with Crippen LogP contribution in [0.4, 0.5) is 0 Å². The zero-order chi connectivity index (χ0) is 64.4. The summed E-state index contributed by atoms with van der Waals surface area (Å²) in [5.74, 6) is 3.05. The maximum absolute atomic E-state index is 13.5. The lowest BCUT2D eigenvalue weighted by Gasteiger charge is -2.43. The molecule has 1 atom stereocenters. The number of rotatable bonds is 26. The molecule has 3 N–H and O–H groups in total. The molecule has 2 saturated carbocycles. The first kappa shape index (κ1) is 68.1. The summed E-state index contributed by atoms with van der Waals surface area (Å²) in [6.07, 6.45) is 5.78. The number of aliphatic hydroxyl groups excluding tert-OH is 3. The van der Waals surface area contributed by atoms with Crippen molar-refractivity contribution in [2.45, 2.75) is 96.8 Å². The zero-order valence-electron chi connectivity index (χ0n) is 53.5. The average Bonchev–Trinajstić information content (AvgIpc) is 0.706. The summed E-state index contributed by atoms with van der Waals surface area (Å²) in [5.41, 5.74) is 14.9. The number of hydrogen-bond donors (Lipinski definition) is 3. The number of methoxy groups -OCH3 is 3. The van der Waals surface area contributed by atoms with Crippen molar-refractivity contribution >= 4 is 23.3 Å². The normalized spacial score (nSPS) is 20.9. The minimum Gasteiger partial charge on any atom is -0.491 e. The van der Waals surface area contributed by atoms with E-state index in [-0.39, 0.29) is 139 Å². The van der Waals surface area contributed by atoms with E-state index >= 15 is 0 Å². The summed E-state index contributed by atoms with van der Waals surface area (Å²) in [7, 11) is 4.62. The molecule has 4 bridgehead atoms. The third-order valence-electron chi connectivity index (χ3n) is 18.6. The number of esters is 1. The molecule has 0 heterocycles. The van der Waals surface area contributed by atoms with Crippen molar-refractivity contribution in [1.82, 2.24) is 0 Å². The van der Waals surface area contributed by atoms with E-state index < -0.39 is 5.92 Å². The van der Waals surface area contributed by atoms with Gasteiger partial charge in [-0.15, -0.1) is 0 Å². The Kier molecular flexibility index (Phi) is 24.9. The first-order valence-corrected chi connectivity index (χ1v) is 31.4. The van der Waals surface area contributed by atoms with Gasteiger partial charge in [0.05, 0.1) is 58.6 Å². The summed E-state index contributed by atoms with van der Waals surface area (Å²) in [4.78, 5) is 47.6. The molecule has 0 amide bonds. The molecule has 0 spiro atoms. The average molecular weight is 1250 g/mol. The van der Waals surface area contributed by atoms with Crippen molar-refractivity contribution in [1.29, 1.82) is 0 Å². The molecule has 0 aromatic heterocycles. The van der Waals surface area contributed by atoms with Gasteiger partial charge in [0.2, 0.25) is 0 Å². The Morgan fingerprint density at radius 2 is 0.791 bits per heavy atom. The summed E-state index contributed by atoms with van der Waals surface area (Å²) in [5, 5.41) is 27.2. The Morgan fingerprint density at radius 1 is 0.451 bits per heavy atom. The van der Waals surface area contributed by atoms with Crippen LogP contribution < -0.4 is 18.9 Å². The quantitative estimate of drug-likeness (QED) is 0.0261. The van der Waals surface area contributed by atoms with Crippen LogP contribution in [-0.2, 0) is 42.9 Å². The van der Waals surface area contributed by atoms with E-state index in [4.69, 9.17) is 46.0 Å². The molecule has 8 aliphatic carbocycles. The molecule has 2 fully saturated rings. The fraction of sp³-hybridized carbons (Fsp3) is 0.467. The second-order valence-corrected chi connectivity index (χ2v) is 23.7. The maximum Gasteiger partial charge on any atom is 0.308 e. The van der Waals surface area contributed by atoms with Gasteiger partial charge in [-0.1, -0.05) is 112 Å². The predicted octanol–water partition coefficient (Wildman–Crippen LogP) is 11.8. The molecule has 16 heteroatoms. The van der Waals surface area contributed by atoms with Gasteiger partial charge in [-0.05, 0) is 127 Å². The second kappa shape index (κ2) is 33.3. The van der Waals surface area contributed by atoms with E-state index in [1.807, 2.05) is 24.3 Å². The molecule has 0 saturated heterocycles. The third-order valence-corrected chi connectivity index (χ3v) is 18.6. The Bertz CT molecular complexity index is 3210. The van der Waals surface area contributed by atoms with Crippen LogP contribution in [0, 0.1) is 29.6 Å². The largest absolute Gasteiger partial charge is 0.491 e. The number of hydrogen-bond acceptors (Lipinski definition) is 16. The fourth-order valence-corrected chi connectivity index (χ4v) is 14.5. The predicted molar refractivity (Wildman–Crippen MR) is 349 cm³/mol. The topological polar surface area (TPSA) is 212 Å². The van der Waals surface area contributed by atoms with Crippen LogP contribution >= 0.6 is 0 Å². The number of carbonyl (C=O) groups excluding carboxylic acids is 4. The zero-order valence-corrected chi connectivity index (χ0v) is 51.5. The number of aliphatic hydroxyl groups is 3. The van der Waals surface area contributed by atoms with E-state index in [2.05, 4.69) is 102 Å². The Hall–Kier alpha value is -7.28. The van der Waals surface area contributed by atoms with Gasteiger partial charge in [-0.25, -0.2) is 0 Å². The van der Waals surface area contributed by atoms with Crippen LogP contribution in [0.25, 0.3) is 0 Å². The smallest absolute Gasteiger partial charge is 0.308 e. The molecule has 14 rings (SSSR count). The monoisotopic (exact) mass is 1250 g/mol. The van der Waals surface area contributed by atoms with Crippen LogP contribution in [0.1, 0.15) is 167 Å². The third kappa shape index (κ3) is 15.1. The Balaban J connectivity index is 0.000000224. The van der Waals surface area contributed by atoms with Crippen molar-refractivity contribution < 1.29 is 80.1 Å². The van der Waals surface area contributed by atoms with Crippen molar-refractivity contribution in [2.75, 3.05) is 101 Å². The standard InChI is InChI=1S/C39H46O8.C24H22O4.C10H16O4.2CH4.H2/c1-25(40)26-12-14-27(15-13-26)39(41)28(23-45-24-43-3)22-44-19-21-47-34-17-16-33(46-20-18-42-2)37-35-29-8-4-6-10-31(29)36(38(34)37)32-11-7-5-9-30(32)35;25-11-13-27-19-9-10-20(28-14-12-26)24-22-16-6-2-1-5-15(16)21(23(19)24)17-7-3-4-8-18(17)22;1-14-10(13)8-4-2-7(3-5-8)9(12)6-11;;;/h4-11,16-17,26-28,35-36H,12-15,18-24H2,1-3H3;1-10,21-22,25-26H,11-14H2;7-8,11H,2-6H2,1H3;2*1H4;1H/i;;;;;1+2D. The second-order valence-electron chi connectivity index (χ2n) is 23.7. The van der Waals surface area contributed by atoms with Crippen LogP contribution in [0.15, 0.2) is 121 Å². The number of carbonyl (C=O) groups is 4. The van der Waals surface area contributed by atoms with E-state index in [1.165, 1.54) is 51.6 Å². The Labute approximate surface area is 539 Å². The van der Waals surface area contributed by atoms with E-state index in [0.717, 1.165) is 70.9 Å². The van der Waals surface area contributed by atoms with Crippen molar-refractivity contribution in [3.63, 3.8) is 0 Å². The molecule has 6 aromatic carbocycles. The number of ether oxygens (including phenoxy) is 9. The minimum atomic E-state index is -0.399. The van der Waals surface area contributed by atoms with Crippen LogP contribution in [-0.4, -0.2) is 139 Å². The highest BCUT2D eigenvalue weighted by molar-refractivity contribution is 5.85. The van der Waals surface area contributed by atoms with E-state index in [0.29, 0.717) is 52.1 Å². The maximum atomic E-state index is 13.5. The van der Waals surface area contributed by atoms with Crippen molar-refractivity contribution in [3.05, 3.63) is 188 Å². The van der Waals surface area contributed by atoms with Gasteiger partial charge in [0.25, 0.3) is 0 Å². The molecule has 16 nitrogen and oxygen atoms in total.